The van der Waals surface area contributed by atoms with Crippen LogP contribution in [-0.2, 0) is 4.79 Å². The van der Waals surface area contributed by atoms with Crippen LogP contribution in [0.15, 0.2) is 18.2 Å². The summed E-state index contributed by atoms with van der Waals surface area (Å²) in [7, 11) is 5.07. The lowest BCUT2D eigenvalue weighted by molar-refractivity contribution is -0.127. The van der Waals surface area contributed by atoms with Crippen molar-refractivity contribution in [2.45, 2.75) is 6.92 Å². The Morgan fingerprint density at radius 1 is 1.24 bits per heavy atom. The first-order chi connectivity index (χ1) is 9.81. The SMILES string of the molecule is Cc1cc(N(C)CC(=O)N(C)C)c2ccc(F)c(F)c2n1. The molecule has 1 aromatic carbocycles. The van der Waals surface area contributed by atoms with Gasteiger partial charge in [0, 0.05) is 37.9 Å². The molecule has 2 aromatic rings. The summed E-state index contributed by atoms with van der Waals surface area (Å²) < 4.78 is 27.2. The van der Waals surface area contributed by atoms with Crippen molar-refractivity contribution in [2.75, 3.05) is 32.6 Å². The summed E-state index contributed by atoms with van der Waals surface area (Å²) in [5, 5.41) is 0.480. The number of hydrogen-bond acceptors (Lipinski definition) is 3. The van der Waals surface area contributed by atoms with Crippen LogP contribution in [-0.4, -0.2) is 43.5 Å². The highest BCUT2D eigenvalue weighted by molar-refractivity contribution is 5.94. The Hall–Kier alpha value is -2.24. The van der Waals surface area contributed by atoms with E-state index in [1.54, 1.807) is 39.0 Å². The average Bonchev–Trinajstić information content (AvgIpc) is 2.42. The fourth-order valence-electron chi connectivity index (χ4n) is 2.09. The topological polar surface area (TPSA) is 36.4 Å². The molecule has 0 aliphatic rings. The Morgan fingerprint density at radius 3 is 2.52 bits per heavy atom. The number of rotatable bonds is 3. The van der Waals surface area contributed by atoms with Gasteiger partial charge in [-0.05, 0) is 25.1 Å². The first-order valence-corrected chi connectivity index (χ1v) is 6.48. The third-order valence-electron chi connectivity index (χ3n) is 3.26. The standard InChI is InChI=1S/C15H17F2N3O/c1-9-7-12(20(4)8-13(21)19(2)3)10-5-6-11(16)14(17)15(10)18-9/h5-7H,8H2,1-4H3. The Balaban J connectivity index is 2.53. The number of nitrogens with zero attached hydrogens (tertiary/aromatic N) is 3. The molecule has 0 bridgehead atoms. The number of halogens is 2. The highest BCUT2D eigenvalue weighted by Gasteiger charge is 2.16. The van der Waals surface area contributed by atoms with Crippen molar-refractivity contribution in [3.05, 3.63) is 35.5 Å². The largest absolute Gasteiger partial charge is 0.365 e. The average molecular weight is 293 g/mol. The molecule has 0 radical (unpaired) electrons. The van der Waals surface area contributed by atoms with Gasteiger partial charge in [-0.2, -0.15) is 0 Å². The van der Waals surface area contributed by atoms with E-state index in [-0.39, 0.29) is 18.0 Å². The van der Waals surface area contributed by atoms with Gasteiger partial charge >= 0.3 is 0 Å². The zero-order chi connectivity index (χ0) is 15.7. The molecule has 1 aromatic heterocycles. The minimum Gasteiger partial charge on any atom is -0.365 e. The van der Waals surface area contributed by atoms with Crippen LogP contribution in [0.3, 0.4) is 0 Å². The lowest BCUT2D eigenvalue weighted by Crippen LogP contribution is -2.34. The van der Waals surface area contributed by atoms with Gasteiger partial charge in [0.05, 0.1) is 6.54 Å². The number of likely N-dealkylation sites (N-methyl/N-ethyl adjacent to an activating group) is 2. The van der Waals surface area contributed by atoms with E-state index in [9.17, 15) is 13.6 Å². The summed E-state index contributed by atoms with van der Waals surface area (Å²) in [6.45, 7) is 1.85. The van der Waals surface area contributed by atoms with Gasteiger partial charge in [0.25, 0.3) is 0 Å². The molecule has 112 valence electrons. The number of anilines is 1. The van der Waals surface area contributed by atoms with Crippen LogP contribution in [0.4, 0.5) is 14.5 Å². The van der Waals surface area contributed by atoms with E-state index < -0.39 is 11.6 Å². The van der Waals surface area contributed by atoms with E-state index >= 15 is 0 Å². The zero-order valence-electron chi connectivity index (χ0n) is 12.4. The summed E-state index contributed by atoms with van der Waals surface area (Å²) in [4.78, 5) is 19.0. The van der Waals surface area contributed by atoms with Gasteiger partial charge in [0.15, 0.2) is 11.6 Å². The number of pyridine rings is 1. The molecule has 0 spiro atoms. The quantitative estimate of drug-likeness (QED) is 0.871. The molecule has 0 N–H and O–H groups in total. The van der Waals surface area contributed by atoms with E-state index in [0.29, 0.717) is 16.8 Å². The van der Waals surface area contributed by atoms with E-state index in [4.69, 9.17) is 0 Å². The number of hydrogen-bond donors (Lipinski definition) is 0. The molecular weight excluding hydrogens is 276 g/mol. The van der Waals surface area contributed by atoms with Crippen LogP contribution in [0.25, 0.3) is 10.9 Å². The molecule has 0 unspecified atom stereocenters. The molecule has 1 heterocycles. The van der Waals surface area contributed by atoms with Crippen molar-refractivity contribution in [2.24, 2.45) is 0 Å². The molecule has 2 rings (SSSR count). The van der Waals surface area contributed by atoms with Crippen LogP contribution in [0, 0.1) is 18.6 Å². The van der Waals surface area contributed by atoms with Gasteiger partial charge in [0.2, 0.25) is 5.91 Å². The van der Waals surface area contributed by atoms with Crippen molar-refractivity contribution < 1.29 is 13.6 Å². The second kappa shape index (κ2) is 5.63. The van der Waals surface area contributed by atoms with Crippen LogP contribution >= 0.6 is 0 Å². The summed E-state index contributed by atoms with van der Waals surface area (Å²) in [5.41, 5.74) is 1.19. The molecule has 6 heteroatoms. The van der Waals surface area contributed by atoms with Gasteiger partial charge in [-0.3, -0.25) is 4.79 Å². The number of benzene rings is 1. The fraction of sp³-hybridized carbons (Fsp3) is 0.333. The maximum Gasteiger partial charge on any atom is 0.241 e. The van der Waals surface area contributed by atoms with Crippen LogP contribution < -0.4 is 4.90 Å². The Labute approximate surface area is 122 Å². The molecule has 0 fully saturated rings. The second-order valence-electron chi connectivity index (χ2n) is 5.18. The Bertz CT molecular complexity index is 701. The molecule has 0 saturated heterocycles. The normalized spacial score (nSPS) is 10.8. The fourth-order valence-corrected chi connectivity index (χ4v) is 2.09. The molecule has 0 atom stereocenters. The number of fused-ring (bicyclic) bond motifs is 1. The molecule has 1 amide bonds. The zero-order valence-corrected chi connectivity index (χ0v) is 12.4. The van der Waals surface area contributed by atoms with E-state index in [0.717, 1.165) is 6.07 Å². The van der Waals surface area contributed by atoms with Crippen LogP contribution in [0.2, 0.25) is 0 Å². The van der Waals surface area contributed by atoms with E-state index in [1.165, 1.54) is 11.0 Å². The van der Waals surface area contributed by atoms with Gasteiger partial charge in [-0.15, -0.1) is 0 Å². The Morgan fingerprint density at radius 2 is 1.90 bits per heavy atom. The molecular formula is C15H17F2N3O. The molecule has 0 aliphatic carbocycles. The number of amides is 1. The molecule has 21 heavy (non-hydrogen) atoms. The summed E-state index contributed by atoms with van der Waals surface area (Å²) in [5.74, 6) is -1.98. The monoisotopic (exact) mass is 293 g/mol. The first-order valence-electron chi connectivity index (χ1n) is 6.48. The maximum atomic E-state index is 13.9. The molecule has 0 aliphatic heterocycles. The minimum absolute atomic E-state index is 0.0193. The summed E-state index contributed by atoms with van der Waals surface area (Å²) in [6.07, 6.45) is 0. The summed E-state index contributed by atoms with van der Waals surface area (Å²) in [6, 6.07) is 4.30. The summed E-state index contributed by atoms with van der Waals surface area (Å²) >= 11 is 0. The second-order valence-corrected chi connectivity index (χ2v) is 5.18. The first kappa shape index (κ1) is 15.2. The van der Waals surface area contributed by atoms with E-state index in [1.807, 2.05) is 0 Å². The van der Waals surface area contributed by atoms with Crippen molar-refractivity contribution >= 4 is 22.5 Å². The Kier molecular flexibility index (Phi) is 4.06. The van der Waals surface area contributed by atoms with Crippen molar-refractivity contribution in [3.63, 3.8) is 0 Å². The predicted octanol–water partition coefficient (Wildman–Crippen LogP) is 2.35. The van der Waals surface area contributed by atoms with Crippen molar-refractivity contribution in [1.82, 2.24) is 9.88 Å². The van der Waals surface area contributed by atoms with Gasteiger partial charge in [0.1, 0.15) is 5.52 Å². The van der Waals surface area contributed by atoms with Crippen LogP contribution in [0.5, 0.6) is 0 Å². The third kappa shape index (κ3) is 2.94. The van der Waals surface area contributed by atoms with Gasteiger partial charge in [-0.25, -0.2) is 13.8 Å². The number of carbonyl (C=O) groups excluding carboxylic acids is 1. The van der Waals surface area contributed by atoms with Crippen molar-refractivity contribution in [3.8, 4) is 0 Å². The van der Waals surface area contributed by atoms with Gasteiger partial charge < -0.3 is 9.80 Å². The lowest BCUT2D eigenvalue weighted by atomic mass is 10.1. The third-order valence-corrected chi connectivity index (χ3v) is 3.26. The smallest absolute Gasteiger partial charge is 0.241 e. The number of carbonyl (C=O) groups is 1. The van der Waals surface area contributed by atoms with E-state index in [2.05, 4.69) is 4.98 Å². The minimum atomic E-state index is -0.968. The number of aromatic nitrogens is 1. The van der Waals surface area contributed by atoms with Crippen molar-refractivity contribution in [1.29, 1.82) is 0 Å². The number of aryl methyl sites for hydroxylation is 1. The highest BCUT2D eigenvalue weighted by atomic mass is 19.2. The highest BCUT2D eigenvalue weighted by Crippen LogP contribution is 2.28. The maximum absolute atomic E-state index is 13.9. The van der Waals surface area contributed by atoms with Gasteiger partial charge in [-0.1, -0.05) is 0 Å². The van der Waals surface area contributed by atoms with Crippen LogP contribution in [0.1, 0.15) is 5.69 Å². The lowest BCUT2D eigenvalue weighted by Gasteiger charge is -2.23. The predicted molar refractivity (Wildman–Crippen MR) is 78.4 cm³/mol. The molecule has 4 nitrogen and oxygen atoms in total. The molecule has 0 saturated carbocycles.